The molecule has 0 radical (unpaired) electrons. The third-order valence-electron chi connectivity index (χ3n) is 8.56. The summed E-state index contributed by atoms with van der Waals surface area (Å²) in [6, 6.07) is 15.0. The van der Waals surface area contributed by atoms with Crippen molar-refractivity contribution in [3.63, 3.8) is 0 Å². The number of fused-ring (bicyclic) bond motifs is 1. The van der Waals surface area contributed by atoms with Gasteiger partial charge in [-0.25, -0.2) is 9.37 Å². The number of pyridine rings is 1. The Labute approximate surface area is 248 Å². The lowest BCUT2D eigenvalue weighted by Crippen LogP contribution is -2.48. The Balaban J connectivity index is 1.58. The molecule has 2 aromatic heterocycles. The minimum Gasteiger partial charge on any atom is -0.396 e. The predicted octanol–water partition coefficient (Wildman–Crippen LogP) is 4.90. The zero-order valence-electron chi connectivity index (χ0n) is 23.4. The van der Waals surface area contributed by atoms with Gasteiger partial charge in [0.25, 0.3) is 5.91 Å². The van der Waals surface area contributed by atoms with Crippen molar-refractivity contribution in [2.75, 3.05) is 13.2 Å². The normalized spacial score (nSPS) is 20.4. The van der Waals surface area contributed by atoms with Gasteiger partial charge in [0.1, 0.15) is 11.4 Å². The molecule has 218 valence electrons. The average molecular weight is 591 g/mol. The van der Waals surface area contributed by atoms with Gasteiger partial charge in [0, 0.05) is 35.4 Å². The molecule has 8 nitrogen and oxygen atoms in total. The fourth-order valence-corrected chi connectivity index (χ4v) is 5.90. The van der Waals surface area contributed by atoms with Crippen molar-refractivity contribution in [2.24, 2.45) is 12.5 Å². The van der Waals surface area contributed by atoms with E-state index in [1.165, 1.54) is 11.0 Å². The van der Waals surface area contributed by atoms with Gasteiger partial charge in [0.05, 0.1) is 48.6 Å². The Hall–Kier alpha value is -3.63. The van der Waals surface area contributed by atoms with Gasteiger partial charge >= 0.3 is 0 Å². The zero-order chi connectivity index (χ0) is 29.7. The van der Waals surface area contributed by atoms with Gasteiger partial charge in [0.2, 0.25) is 0 Å². The van der Waals surface area contributed by atoms with E-state index in [0.29, 0.717) is 22.0 Å². The third kappa shape index (κ3) is 4.61. The maximum atomic E-state index is 16.7. The molecule has 2 atom stereocenters. The van der Waals surface area contributed by atoms with E-state index >= 15 is 4.39 Å². The molecule has 10 heteroatoms. The van der Waals surface area contributed by atoms with E-state index in [9.17, 15) is 15.0 Å². The Morgan fingerprint density at radius 1 is 1.14 bits per heavy atom. The Kier molecular flexibility index (Phi) is 7.17. The second-order valence-corrected chi connectivity index (χ2v) is 11.8. The number of hydrogen-bond donors (Lipinski definition) is 2. The lowest BCUT2D eigenvalue weighted by molar-refractivity contribution is -0.130. The molecule has 1 unspecified atom stereocenters. The van der Waals surface area contributed by atoms with Crippen molar-refractivity contribution in [2.45, 2.75) is 44.1 Å². The van der Waals surface area contributed by atoms with Crippen LogP contribution in [0.15, 0.2) is 73.3 Å². The molecule has 2 aromatic carbocycles. The third-order valence-corrected chi connectivity index (χ3v) is 8.82. The van der Waals surface area contributed by atoms with Gasteiger partial charge in [-0.3, -0.25) is 14.7 Å². The molecule has 4 aromatic rings. The standard InChI is InChI=1S/C32H32ClFN4O4/c1-3-31(41,27-17-37(2)20-36-27)22-14-25-28(26(34)15-22)32(21-7-9-23(33)10-8-21,42-19-30(18-39)11-12-30)38(29(25)40)16-24-6-4-5-13-35-24/h4-10,13-15,17,20,39,41H,3,11-12,16,18-19H2,1-2H3/t31?,32-/m1/s1. The van der Waals surface area contributed by atoms with Crippen LogP contribution in [-0.2, 0) is 29.7 Å². The minimum atomic E-state index is -1.68. The number of carbonyl (C=O) groups is 1. The van der Waals surface area contributed by atoms with E-state index < -0.39 is 28.5 Å². The topological polar surface area (TPSA) is 101 Å². The summed E-state index contributed by atoms with van der Waals surface area (Å²) < 4.78 is 25.1. The number of aliphatic hydroxyl groups excluding tert-OH is 1. The number of aliphatic hydroxyl groups is 2. The molecule has 1 fully saturated rings. The maximum absolute atomic E-state index is 16.7. The average Bonchev–Trinajstić information content (AvgIpc) is 3.59. The number of ether oxygens (including phenoxy) is 1. The monoisotopic (exact) mass is 590 g/mol. The highest BCUT2D eigenvalue weighted by atomic mass is 35.5. The smallest absolute Gasteiger partial charge is 0.257 e. The minimum absolute atomic E-state index is 0.0240. The number of aromatic nitrogens is 3. The summed E-state index contributed by atoms with van der Waals surface area (Å²) in [6.45, 7) is 1.82. The van der Waals surface area contributed by atoms with Gasteiger partial charge in [0.15, 0.2) is 5.72 Å². The van der Waals surface area contributed by atoms with E-state index in [2.05, 4.69) is 9.97 Å². The van der Waals surface area contributed by atoms with Crippen LogP contribution < -0.4 is 0 Å². The summed E-state index contributed by atoms with van der Waals surface area (Å²) in [7, 11) is 1.78. The van der Waals surface area contributed by atoms with E-state index in [-0.39, 0.29) is 42.9 Å². The molecule has 0 spiro atoms. The van der Waals surface area contributed by atoms with Crippen LogP contribution in [0.1, 0.15) is 64.6 Å². The molecular formula is C32H32ClFN4O4. The van der Waals surface area contributed by atoms with Gasteiger partial charge in [-0.05, 0) is 61.2 Å². The Morgan fingerprint density at radius 2 is 1.90 bits per heavy atom. The summed E-state index contributed by atoms with van der Waals surface area (Å²) in [5, 5.41) is 22.4. The van der Waals surface area contributed by atoms with Crippen LogP contribution >= 0.6 is 11.6 Å². The van der Waals surface area contributed by atoms with Crippen LogP contribution in [0.4, 0.5) is 4.39 Å². The molecule has 1 amide bonds. The highest BCUT2D eigenvalue weighted by Crippen LogP contribution is 2.52. The van der Waals surface area contributed by atoms with Crippen molar-refractivity contribution in [3.8, 4) is 0 Å². The molecular weight excluding hydrogens is 559 g/mol. The summed E-state index contributed by atoms with van der Waals surface area (Å²) >= 11 is 6.25. The zero-order valence-corrected chi connectivity index (χ0v) is 24.2. The SMILES string of the molecule is CCC(O)(c1cc(F)c2c(c1)C(=O)N(Cc1ccccn1)[C@@]2(OCC1(CO)CC1)c1ccc(Cl)cc1)c1cn(C)cn1. The number of amides is 1. The summed E-state index contributed by atoms with van der Waals surface area (Å²) in [4.78, 5) is 24.6. The fourth-order valence-electron chi connectivity index (χ4n) is 5.77. The summed E-state index contributed by atoms with van der Waals surface area (Å²) in [5.74, 6) is -1.18. The molecule has 1 aliphatic carbocycles. The molecule has 1 saturated carbocycles. The van der Waals surface area contributed by atoms with Gasteiger partial charge < -0.3 is 19.5 Å². The second-order valence-electron chi connectivity index (χ2n) is 11.3. The molecule has 42 heavy (non-hydrogen) atoms. The van der Waals surface area contributed by atoms with Crippen LogP contribution in [-0.4, -0.2) is 48.8 Å². The van der Waals surface area contributed by atoms with E-state index in [1.807, 2.05) is 6.07 Å². The molecule has 0 bridgehead atoms. The first kappa shape index (κ1) is 28.5. The van der Waals surface area contributed by atoms with Crippen molar-refractivity contribution in [1.29, 1.82) is 0 Å². The number of imidazole rings is 1. The van der Waals surface area contributed by atoms with Crippen molar-refractivity contribution in [3.05, 3.63) is 118 Å². The molecule has 2 N–H and O–H groups in total. The fraction of sp³-hybridized carbons (Fsp3) is 0.344. The largest absolute Gasteiger partial charge is 0.396 e. The van der Waals surface area contributed by atoms with Crippen molar-refractivity contribution < 1.29 is 24.1 Å². The number of rotatable bonds is 10. The number of benzene rings is 2. The highest BCUT2D eigenvalue weighted by Gasteiger charge is 2.57. The Morgan fingerprint density at radius 3 is 2.50 bits per heavy atom. The number of halogens is 2. The second kappa shape index (κ2) is 10.6. The lowest BCUT2D eigenvalue weighted by Gasteiger charge is -2.40. The van der Waals surface area contributed by atoms with E-state index in [1.54, 1.807) is 79.7 Å². The van der Waals surface area contributed by atoms with Crippen LogP contribution in [0.3, 0.4) is 0 Å². The molecule has 0 saturated heterocycles. The summed E-state index contributed by atoms with van der Waals surface area (Å²) in [6.07, 6.45) is 6.59. The number of carbonyl (C=O) groups excluding carboxylic acids is 1. The van der Waals surface area contributed by atoms with Gasteiger partial charge in [-0.1, -0.05) is 36.7 Å². The van der Waals surface area contributed by atoms with Crippen molar-refractivity contribution in [1.82, 2.24) is 19.4 Å². The number of hydrogen-bond acceptors (Lipinski definition) is 6. The van der Waals surface area contributed by atoms with E-state index in [4.69, 9.17) is 16.3 Å². The lowest BCUT2D eigenvalue weighted by atomic mass is 9.84. The van der Waals surface area contributed by atoms with E-state index in [0.717, 1.165) is 12.8 Å². The van der Waals surface area contributed by atoms with Crippen LogP contribution in [0.2, 0.25) is 5.02 Å². The van der Waals surface area contributed by atoms with Crippen LogP contribution in [0, 0.1) is 11.2 Å². The maximum Gasteiger partial charge on any atom is 0.257 e. The predicted molar refractivity (Wildman–Crippen MR) is 154 cm³/mol. The molecule has 1 aliphatic heterocycles. The first-order chi connectivity index (χ1) is 20.2. The molecule has 2 aliphatic rings. The Bertz CT molecular complexity index is 1630. The van der Waals surface area contributed by atoms with Crippen LogP contribution in [0.25, 0.3) is 0 Å². The molecule has 3 heterocycles. The first-order valence-corrected chi connectivity index (χ1v) is 14.3. The van der Waals surface area contributed by atoms with Gasteiger partial charge in [-0.2, -0.15) is 0 Å². The highest BCUT2D eigenvalue weighted by molar-refractivity contribution is 6.30. The van der Waals surface area contributed by atoms with Crippen molar-refractivity contribution >= 4 is 17.5 Å². The number of nitrogens with zero attached hydrogens (tertiary/aromatic N) is 4. The quantitative estimate of drug-likeness (QED) is 0.272. The van der Waals surface area contributed by atoms with Gasteiger partial charge in [-0.15, -0.1) is 0 Å². The first-order valence-electron chi connectivity index (χ1n) is 13.9. The molecule has 6 rings (SSSR count). The summed E-state index contributed by atoms with van der Waals surface area (Å²) in [5.41, 5.74) is -2.00. The van der Waals surface area contributed by atoms with Crippen LogP contribution in [0.5, 0.6) is 0 Å². The number of aryl methyl sites for hydroxylation is 1.